The van der Waals surface area contributed by atoms with Gasteiger partial charge in [-0.3, -0.25) is 0 Å². The molecule has 0 radical (unpaired) electrons. The molecule has 0 saturated carbocycles. The van der Waals surface area contributed by atoms with Crippen LogP contribution < -0.4 is 15.4 Å². The number of phenolic OH excluding ortho intramolecular Hbond substituents is 1. The first-order valence-electron chi connectivity index (χ1n) is 8.25. The number of benzene rings is 2. The molecule has 0 aliphatic carbocycles. The van der Waals surface area contributed by atoms with Gasteiger partial charge < -0.3 is 20.5 Å². The third kappa shape index (κ3) is 7.07. The van der Waals surface area contributed by atoms with Crippen molar-refractivity contribution in [3.05, 3.63) is 59.4 Å². The molecule has 0 aliphatic rings. The summed E-state index contributed by atoms with van der Waals surface area (Å²) in [5, 5.41) is 16.4. The van der Waals surface area contributed by atoms with Gasteiger partial charge in [0.1, 0.15) is 17.3 Å². The van der Waals surface area contributed by atoms with Crippen molar-refractivity contribution in [2.45, 2.75) is 19.9 Å². The van der Waals surface area contributed by atoms with Crippen LogP contribution in [0.4, 0.5) is 4.39 Å². The molecule has 2 aromatic rings. The number of halogens is 2. The zero-order chi connectivity index (χ0) is 18.1. The summed E-state index contributed by atoms with van der Waals surface area (Å²) in [6.45, 7) is 3.81. The zero-order valence-corrected chi connectivity index (χ0v) is 17.3. The lowest BCUT2D eigenvalue weighted by molar-refractivity contribution is 0.406. The third-order valence-corrected chi connectivity index (χ3v) is 3.66. The second kappa shape index (κ2) is 11.6. The van der Waals surface area contributed by atoms with Gasteiger partial charge >= 0.3 is 0 Å². The Bertz CT molecular complexity index is 708. The van der Waals surface area contributed by atoms with Gasteiger partial charge in [-0.2, -0.15) is 0 Å². The van der Waals surface area contributed by atoms with Crippen LogP contribution in [0.15, 0.2) is 47.5 Å². The van der Waals surface area contributed by atoms with Crippen molar-refractivity contribution in [3.63, 3.8) is 0 Å². The largest absolute Gasteiger partial charge is 0.508 e. The van der Waals surface area contributed by atoms with Gasteiger partial charge in [0.25, 0.3) is 0 Å². The van der Waals surface area contributed by atoms with Crippen molar-refractivity contribution >= 4 is 29.9 Å². The maximum atomic E-state index is 12.9. The van der Waals surface area contributed by atoms with Crippen LogP contribution >= 0.6 is 24.0 Å². The summed E-state index contributed by atoms with van der Waals surface area (Å²) in [6, 6.07) is 11.6. The molecule has 0 bridgehead atoms. The number of ether oxygens (including phenoxy) is 1. The van der Waals surface area contributed by atoms with Crippen molar-refractivity contribution in [2.75, 3.05) is 20.2 Å². The topological polar surface area (TPSA) is 65.9 Å². The van der Waals surface area contributed by atoms with Crippen molar-refractivity contribution in [2.24, 2.45) is 4.99 Å². The minimum Gasteiger partial charge on any atom is -0.508 e. The number of phenols is 1. The fourth-order valence-electron chi connectivity index (χ4n) is 2.30. The van der Waals surface area contributed by atoms with Crippen LogP contribution in [0.25, 0.3) is 0 Å². The average Bonchev–Trinajstić information content (AvgIpc) is 2.62. The highest BCUT2D eigenvalue weighted by Crippen LogP contribution is 2.23. The molecular formula is C19H25FIN3O2. The number of methoxy groups -OCH3 is 1. The van der Waals surface area contributed by atoms with Crippen molar-refractivity contribution < 1.29 is 14.2 Å². The van der Waals surface area contributed by atoms with Crippen LogP contribution in [0.5, 0.6) is 11.5 Å². The summed E-state index contributed by atoms with van der Waals surface area (Å²) in [6.07, 6.45) is 0.650. The summed E-state index contributed by atoms with van der Waals surface area (Å²) in [7, 11) is 1.57. The molecule has 2 aromatic carbocycles. The Balaban J connectivity index is 0.00000338. The van der Waals surface area contributed by atoms with Crippen molar-refractivity contribution in [1.29, 1.82) is 0 Å². The Kier molecular flexibility index (Phi) is 9.79. The van der Waals surface area contributed by atoms with E-state index in [0.29, 0.717) is 31.2 Å². The zero-order valence-electron chi connectivity index (χ0n) is 15.0. The fraction of sp³-hybridized carbons (Fsp3) is 0.316. The predicted molar refractivity (Wildman–Crippen MR) is 113 cm³/mol. The average molecular weight is 473 g/mol. The van der Waals surface area contributed by atoms with Gasteiger partial charge in [-0.15, -0.1) is 24.0 Å². The molecule has 0 spiro atoms. The number of rotatable bonds is 7. The molecule has 3 N–H and O–H groups in total. The minimum absolute atomic E-state index is 0. The first kappa shape index (κ1) is 22.0. The Labute approximate surface area is 170 Å². The maximum Gasteiger partial charge on any atom is 0.191 e. The molecule has 7 heteroatoms. The lowest BCUT2D eigenvalue weighted by atomic mass is 10.1. The van der Waals surface area contributed by atoms with Crippen LogP contribution in [-0.4, -0.2) is 31.3 Å². The highest BCUT2D eigenvalue weighted by atomic mass is 127. The number of nitrogens with one attached hydrogen (secondary N) is 2. The fourth-order valence-corrected chi connectivity index (χ4v) is 2.30. The van der Waals surface area contributed by atoms with Gasteiger partial charge in [-0.1, -0.05) is 18.2 Å². The molecular weight excluding hydrogens is 448 g/mol. The summed E-state index contributed by atoms with van der Waals surface area (Å²) in [4.78, 5) is 4.48. The molecule has 0 heterocycles. The minimum atomic E-state index is -0.253. The Morgan fingerprint density at radius 1 is 1.15 bits per heavy atom. The molecule has 26 heavy (non-hydrogen) atoms. The quantitative estimate of drug-likeness (QED) is 0.328. The smallest absolute Gasteiger partial charge is 0.191 e. The lowest BCUT2D eigenvalue weighted by Crippen LogP contribution is -2.38. The van der Waals surface area contributed by atoms with E-state index in [4.69, 9.17) is 4.74 Å². The summed E-state index contributed by atoms with van der Waals surface area (Å²) >= 11 is 0. The van der Waals surface area contributed by atoms with Gasteiger partial charge in [0.2, 0.25) is 0 Å². The van der Waals surface area contributed by atoms with Gasteiger partial charge in [-0.05, 0) is 42.7 Å². The molecule has 0 aliphatic heterocycles. The van der Waals surface area contributed by atoms with Gasteiger partial charge in [0.15, 0.2) is 5.96 Å². The van der Waals surface area contributed by atoms with E-state index in [1.807, 2.05) is 19.1 Å². The van der Waals surface area contributed by atoms with E-state index in [0.717, 1.165) is 17.7 Å². The number of guanidine groups is 1. The summed E-state index contributed by atoms with van der Waals surface area (Å²) in [5.74, 6) is 1.27. The standard InChI is InChI=1S/C19H24FN3O2.HI/c1-3-21-19(23-13-14-4-7-16(20)8-5-14)22-11-10-15-6-9-17(25-2)12-18(15)24;/h4-9,12,24H,3,10-11,13H2,1-2H3,(H2,21,22,23);1H. The second-order valence-corrected chi connectivity index (χ2v) is 5.49. The molecule has 0 saturated heterocycles. The lowest BCUT2D eigenvalue weighted by Gasteiger charge is -2.12. The Hall–Kier alpha value is -2.03. The molecule has 142 valence electrons. The Morgan fingerprint density at radius 3 is 2.50 bits per heavy atom. The monoisotopic (exact) mass is 473 g/mol. The molecule has 0 amide bonds. The number of hydrogen-bond donors (Lipinski definition) is 3. The molecule has 0 unspecified atom stereocenters. The third-order valence-electron chi connectivity index (χ3n) is 3.66. The molecule has 0 aromatic heterocycles. The summed E-state index contributed by atoms with van der Waals surface area (Å²) in [5.41, 5.74) is 1.77. The molecule has 0 atom stereocenters. The van der Waals surface area contributed by atoms with E-state index in [1.165, 1.54) is 12.1 Å². The van der Waals surface area contributed by atoms with Crippen molar-refractivity contribution in [3.8, 4) is 11.5 Å². The second-order valence-electron chi connectivity index (χ2n) is 5.49. The van der Waals surface area contributed by atoms with E-state index in [9.17, 15) is 9.50 Å². The summed E-state index contributed by atoms with van der Waals surface area (Å²) < 4.78 is 18.0. The highest BCUT2D eigenvalue weighted by Gasteiger charge is 2.04. The molecule has 0 fully saturated rings. The predicted octanol–water partition coefficient (Wildman–Crippen LogP) is 3.46. The van der Waals surface area contributed by atoms with E-state index in [-0.39, 0.29) is 35.5 Å². The highest BCUT2D eigenvalue weighted by molar-refractivity contribution is 14.0. The number of nitrogens with zero attached hydrogens (tertiary/aromatic N) is 1. The number of aromatic hydroxyl groups is 1. The van der Waals surface area contributed by atoms with E-state index in [2.05, 4.69) is 15.6 Å². The van der Waals surface area contributed by atoms with Crippen LogP contribution in [0, 0.1) is 5.82 Å². The first-order chi connectivity index (χ1) is 12.1. The Morgan fingerprint density at radius 2 is 1.88 bits per heavy atom. The van der Waals surface area contributed by atoms with E-state index >= 15 is 0 Å². The molecule has 5 nitrogen and oxygen atoms in total. The van der Waals surface area contributed by atoms with Gasteiger partial charge in [-0.25, -0.2) is 9.38 Å². The number of aliphatic imine (C=N–C) groups is 1. The first-order valence-corrected chi connectivity index (χ1v) is 8.25. The normalized spacial score (nSPS) is 10.8. The van der Waals surface area contributed by atoms with Crippen LogP contribution in [0.1, 0.15) is 18.1 Å². The van der Waals surface area contributed by atoms with E-state index in [1.54, 1.807) is 25.3 Å². The van der Waals surface area contributed by atoms with Crippen LogP contribution in [0.3, 0.4) is 0 Å². The van der Waals surface area contributed by atoms with Crippen LogP contribution in [-0.2, 0) is 13.0 Å². The maximum absolute atomic E-state index is 12.9. The van der Waals surface area contributed by atoms with Gasteiger partial charge in [0, 0.05) is 19.2 Å². The van der Waals surface area contributed by atoms with Gasteiger partial charge in [0.05, 0.1) is 13.7 Å². The SMILES string of the molecule is CCNC(=NCc1ccc(F)cc1)NCCc1ccc(OC)cc1O.I. The number of hydrogen-bond acceptors (Lipinski definition) is 3. The van der Waals surface area contributed by atoms with Crippen LogP contribution in [0.2, 0.25) is 0 Å². The molecule has 2 rings (SSSR count). The van der Waals surface area contributed by atoms with Crippen molar-refractivity contribution in [1.82, 2.24) is 10.6 Å². The van der Waals surface area contributed by atoms with E-state index < -0.39 is 0 Å².